The van der Waals surface area contributed by atoms with Gasteiger partial charge in [-0.1, -0.05) is 0 Å². The van der Waals surface area contributed by atoms with Crippen molar-refractivity contribution in [3.63, 3.8) is 0 Å². The van der Waals surface area contributed by atoms with E-state index in [1.54, 1.807) is 15.9 Å². The van der Waals surface area contributed by atoms with Crippen molar-refractivity contribution in [3.05, 3.63) is 25.6 Å². The summed E-state index contributed by atoms with van der Waals surface area (Å²) in [7, 11) is -0.733. The fourth-order valence-electron chi connectivity index (χ4n) is 2.71. The van der Waals surface area contributed by atoms with Crippen molar-refractivity contribution >= 4 is 44.6 Å². The van der Waals surface area contributed by atoms with Gasteiger partial charge in [0, 0.05) is 33.2 Å². The Hall–Kier alpha value is -0.790. The Kier molecular flexibility index (Phi) is 3.68. The van der Waals surface area contributed by atoms with Gasteiger partial charge in [0.05, 0.1) is 5.39 Å². The zero-order valence-corrected chi connectivity index (χ0v) is 13.8. The van der Waals surface area contributed by atoms with Crippen molar-refractivity contribution in [1.29, 1.82) is 0 Å². The van der Waals surface area contributed by atoms with Gasteiger partial charge < -0.3 is 4.98 Å². The third-order valence-electron chi connectivity index (χ3n) is 3.98. The van der Waals surface area contributed by atoms with Gasteiger partial charge in [-0.05, 0) is 44.5 Å². The first-order valence-electron chi connectivity index (χ1n) is 6.58. The van der Waals surface area contributed by atoms with Crippen LogP contribution in [0, 0.1) is 18.6 Å². The highest BCUT2D eigenvalue weighted by atomic mass is 32.2. The predicted octanol–water partition coefficient (Wildman–Crippen LogP) is 2.82. The molecule has 2 aromatic rings. The standard InChI is InChI=1S/C13H16N2O2S3/c1-7-8(2)19-11-10(7)12(16)15(13(18)14-11)9-3-5-20(17)6-4-9/h9H,3-6H2,1-2H3,(H,14,18). The molecule has 3 rings (SSSR count). The van der Waals surface area contributed by atoms with Crippen LogP contribution in [0.2, 0.25) is 0 Å². The third kappa shape index (κ3) is 2.21. The molecule has 0 bridgehead atoms. The number of fused-ring (bicyclic) bond motifs is 1. The van der Waals surface area contributed by atoms with Crippen LogP contribution in [0.3, 0.4) is 0 Å². The van der Waals surface area contributed by atoms with E-state index < -0.39 is 10.8 Å². The van der Waals surface area contributed by atoms with Gasteiger partial charge in [0.2, 0.25) is 0 Å². The third-order valence-corrected chi connectivity index (χ3v) is 6.78. The topological polar surface area (TPSA) is 54.9 Å². The molecule has 4 nitrogen and oxygen atoms in total. The number of hydrogen-bond acceptors (Lipinski definition) is 4. The molecular weight excluding hydrogens is 312 g/mol. The number of thiophene rings is 1. The van der Waals surface area contributed by atoms with E-state index in [0.29, 0.717) is 16.3 Å². The van der Waals surface area contributed by atoms with Crippen LogP contribution >= 0.6 is 23.6 Å². The van der Waals surface area contributed by atoms with E-state index in [9.17, 15) is 9.00 Å². The van der Waals surface area contributed by atoms with E-state index in [2.05, 4.69) is 4.98 Å². The lowest BCUT2D eigenvalue weighted by Crippen LogP contribution is -2.31. The zero-order chi connectivity index (χ0) is 14.4. The average Bonchev–Trinajstić information content (AvgIpc) is 2.67. The summed E-state index contributed by atoms with van der Waals surface area (Å²) >= 11 is 6.95. The molecule has 0 saturated carbocycles. The molecule has 2 aromatic heterocycles. The second kappa shape index (κ2) is 5.20. The summed E-state index contributed by atoms with van der Waals surface area (Å²) in [4.78, 5) is 18.0. The van der Waals surface area contributed by atoms with Gasteiger partial charge in [0.15, 0.2) is 4.77 Å². The molecule has 1 saturated heterocycles. The molecule has 1 N–H and O–H groups in total. The molecule has 1 aliphatic rings. The minimum atomic E-state index is -0.733. The quantitative estimate of drug-likeness (QED) is 0.819. The number of H-pyrrole nitrogens is 1. The molecule has 7 heteroatoms. The maximum atomic E-state index is 12.8. The molecule has 1 aliphatic heterocycles. The van der Waals surface area contributed by atoms with E-state index in [-0.39, 0.29) is 11.6 Å². The average molecular weight is 328 g/mol. The Labute approximate surface area is 128 Å². The molecule has 108 valence electrons. The van der Waals surface area contributed by atoms with E-state index in [0.717, 1.165) is 33.5 Å². The molecular formula is C13H16N2O2S3. The molecule has 0 radical (unpaired) electrons. The smallest absolute Gasteiger partial charge is 0.263 e. The minimum Gasteiger partial charge on any atom is -0.323 e. The van der Waals surface area contributed by atoms with Gasteiger partial charge in [0.25, 0.3) is 5.56 Å². The molecule has 20 heavy (non-hydrogen) atoms. The van der Waals surface area contributed by atoms with Gasteiger partial charge >= 0.3 is 0 Å². The van der Waals surface area contributed by atoms with E-state index >= 15 is 0 Å². The lowest BCUT2D eigenvalue weighted by Gasteiger charge is -2.23. The second-order valence-electron chi connectivity index (χ2n) is 5.17. The Balaban J connectivity index is 2.21. The Morgan fingerprint density at radius 1 is 1.35 bits per heavy atom. The zero-order valence-electron chi connectivity index (χ0n) is 11.4. The Bertz CT molecular complexity index is 805. The van der Waals surface area contributed by atoms with Crippen LogP contribution in [-0.4, -0.2) is 25.3 Å². The van der Waals surface area contributed by atoms with Crippen LogP contribution in [0.25, 0.3) is 10.2 Å². The lowest BCUT2D eigenvalue weighted by atomic mass is 10.1. The van der Waals surface area contributed by atoms with E-state index in [1.807, 2.05) is 13.8 Å². The summed E-state index contributed by atoms with van der Waals surface area (Å²) in [5, 5.41) is 0.757. The minimum absolute atomic E-state index is 0.00304. The fraction of sp³-hybridized carbons (Fsp3) is 0.538. The lowest BCUT2D eigenvalue weighted by molar-refractivity contribution is 0.442. The van der Waals surface area contributed by atoms with E-state index in [1.165, 1.54) is 0 Å². The number of aryl methyl sites for hydroxylation is 2. The van der Waals surface area contributed by atoms with Gasteiger partial charge in [-0.3, -0.25) is 13.6 Å². The van der Waals surface area contributed by atoms with Crippen molar-refractivity contribution < 1.29 is 4.21 Å². The second-order valence-corrected chi connectivity index (χ2v) is 8.48. The summed E-state index contributed by atoms with van der Waals surface area (Å²) in [5.41, 5.74) is 1.04. The highest BCUT2D eigenvalue weighted by Crippen LogP contribution is 2.28. The molecule has 3 heterocycles. The van der Waals surface area contributed by atoms with Gasteiger partial charge in [0.1, 0.15) is 4.83 Å². The van der Waals surface area contributed by atoms with Crippen molar-refractivity contribution in [2.24, 2.45) is 0 Å². The van der Waals surface area contributed by atoms with Crippen molar-refractivity contribution in [1.82, 2.24) is 9.55 Å². The number of aromatic amines is 1. The molecule has 1 fully saturated rings. The van der Waals surface area contributed by atoms with Crippen LogP contribution in [0.1, 0.15) is 29.3 Å². The van der Waals surface area contributed by atoms with Crippen molar-refractivity contribution in [2.45, 2.75) is 32.7 Å². The molecule has 0 aromatic carbocycles. The molecule has 0 unspecified atom stereocenters. The van der Waals surface area contributed by atoms with Crippen LogP contribution in [0.15, 0.2) is 4.79 Å². The Morgan fingerprint density at radius 2 is 2.00 bits per heavy atom. The number of rotatable bonds is 1. The summed E-state index contributed by atoms with van der Waals surface area (Å²) in [6.07, 6.45) is 1.52. The predicted molar refractivity (Wildman–Crippen MR) is 86.9 cm³/mol. The van der Waals surface area contributed by atoms with Crippen molar-refractivity contribution in [2.75, 3.05) is 11.5 Å². The largest absolute Gasteiger partial charge is 0.323 e. The monoisotopic (exact) mass is 328 g/mol. The fourth-order valence-corrected chi connectivity index (χ4v) is 5.44. The molecule has 0 atom stereocenters. The SMILES string of the molecule is Cc1sc2[nH]c(=S)n(C3CCS(=O)CC3)c(=O)c2c1C. The molecule has 0 aliphatic carbocycles. The molecule has 0 amide bonds. The summed E-state index contributed by atoms with van der Waals surface area (Å²) in [5.74, 6) is 1.32. The highest BCUT2D eigenvalue weighted by molar-refractivity contribution is 7.85. The maximum absolute atomic E-state index is 12.8. The first-order valence-corrected chi connectivity index (χ1v) is 9.30. The van der Waals surface area contributed by atoms with Gasteiger partial charge in [-0.2, -0.15) is 0 Å². The van der Waals surface area contributed by atoms with Crippen LogP contribution in [0.5, 0.6) is 0 Å². The van der Waals surface area contributed by atoms with Crippen LogP contribution < -0.4 is 5.56 Å². The molecule has 0 spiro atoms. The number of aromatic nitrogens is 2. The van der Waals surface area contributed by atoms with Gasteiger partial charge in [-0.15, -0.1) is 11.3 Å². The van der Waals surface area contributed by atoms with Crippen LogP contribution in [-0.2, 0) is 10.8 Å². The summed E-state index contributed by atoms with van der Waals surface area (Å²) in [6.45, 7) is 4.00. The number of nitrogens with one attached hydrogen (secondary N) is 1. The highest BCUT2D eigenvalue weighted by Gasteiger charge is 2.23. The maximum Gasteiger partial charge on any atom is 0.263 e. The summed E-state index contributed by atoms with van der Waals surface area (Å²) < 4.78 is 13.7. The number of nitrogens with zero attached hydrogens (tertiary/aromatic N) is 1. The Morgan fingerprint density at radius 3 is 2.65 bits per heavy atom. The van der Waals surface area contributed by atoms with Crippen molar-refractivity contribution in [3.8, 4) is 0 Å². The number of hydrogen-bond donors (Lipinski definition) is 1. The first-order chi connectivity index (χ1) is 9.49. The van der Waals surface area contributed by atoms with Gasteiger partial charge in [-0.25, -0.2) is 0 Å². The van der Waals surface area contributed by atoms with E-state index in [4.69, 9.17) is 12.2 Å². The summed E-state index contributed by atoms with van der Waals surface area (Å²) in [6, 6.07) is 0.0768. The first kappa shape index (κ1) is 14.2. The van der Waals surface area contributed by atoms with Crippen LogP contribution in [0.4, 0.5) is 0 Å². The normalized spacial score (nSPS) is 23.3.